The number of hydrogen-bond acceptors (Lipinski definition) is 5. The van der Waals surface area contributed by atoms with Crippen LogP contribution in [0.15, 0.2) is 42.5 Å². The fourth-order valence-electron chi connectivity index (χ4n) is 2.52. The van der Waals surface area contributed by atoms with E-state index in [0.29, 0.717) is 15.6 Å². The van der Waals surface area contributed by atoms with Crippen molar-refractivity contribution < 1.29 is 27.9 Å². The second kappa shape index (κ2) is 8.13. The molecule has 3 aromatic rings. The van der Waals surface area contributed by atoms with Crippen molar-refractivity contribution in [3.8, 4) is 0 Å². The number of fused-ring (bicyclic) bond motifs is 1. The highest BCUT2D eigenvalue weighted by Gasteiger charge is 2.20. The largest absolute Gasteiger partial charge is 0.451 e. The first-order valence-corrected chi connectivity index (χ1v) is 8.88. The van der Waals surface area contributed by atoms with Crippen LogP contribution in [0.3, 0.4) is 0 Å². The lowest BCUT2D eigenvalue weighted by Gasteiger charge is -2.08. The smallest absolute Gasteiger partial charge is 0.349 e. The van der Waals surface area contributed by atoms with Gasteiger partial charge in [-0.05, 0) is 36.8 Å². The molecule has 9 heteroatoms. The molecule has 0 saturated carbocycles. The van der Waals surface area contributed by atoms with Crippen molar-refractivity contribution in [2.24, 2.45) is 0 Å². The van der Waals surface area contributed by atoms with Gasteiger partial charge in [-0.2, -0.15) is 0 Å². The zero-order chi connectivity index (χ0) is 20.3. The maximum absolute atomic E-state index is 13.9. The summed E-state index contributed by atoms with van der Waals surface area (Å²) < 4.78 is 32.9. The van der Waals surface area contributed by atoms with Gasteiger partial charge in [0.05, 0.1) is 5.56 Å². The predicted octanol–water partition coefficient (Wildman–Crippen LogP) is 3.11. The number of ether oxygens (including phenoxy) is 1. The second-order valence-electron chi connectivity index (χ2n) is 5.73. The number of hydrogen-bond donors (Lipinski definition) is 2. The number of esters is 1. The zero-order valence-electron chi connectivity index (χ0n) is 14.5. The van der Waals surface area contributed by atoms with E-state index in [2.05, 4.69) is 0 Å². The molecule has 2 N–H and O–H groups in total. The van der Waals surface area contributed by atoms with Crippen LogP contribution < -0.4 is 10.9 Å². The summed E-state index contributed by atoms with van der Waals surface area (Å²) in [7, 11) is 0. The molecule has 1 heterocycles. The minimum Gasteiger partial charge on any atom is -0.451 e. The topological polar surface area (TPSA) is 84.5 Å². The Morgan fingerprint density at radius 2 is 1.71 bits per heavy atom. The number of nitrogens with one attached hydrogen (secondary N) is 2. The van der Waals surface area contributed by atoms with E-state index in [1.165, 1.54) is 30.3 Å². The van der Waals surface area contributed by atoms with Crippen LogP contribution in [-0.2, 0) is 9.53 Å². The molecule has 2 amide bonds. The molecule has 28 heavy (non-hydrogen) atoms. The Hall–Kier alpha value is -3.33. The maximum atomic E-state index is 13.9. The van der Waals surface area contributed by atoms with Crippen LogP contribution in [0, 0.1) is 18.6 Å². The molecule has 0 spiro atoms. The Morgan fingerprint density at radius 3 is 2.43 bits per heavy atom. The summed E-state index contributed by atoms with van der Waals surface area (Å²) in [6, 6.07) is 9.76. The lowest BCUT2D eigenvalue weighted by atomic mass is 10.1. The van der Waals surface area contributed by atoms with Gasteiger partial charge in [0.2, 0.25) is 0 Å². The maximum Gasteiger partial charge on any atom is 0.349 e. The van der Waals surface area contributed by atoms with Gasteiger partial charge in [0.25, 0.3) is 11.8 Å². The van der Waals surface area contributed by atoms with Gasteiger partial charge in [0.15, 0.2) is 6.61 Å². The first-order valence-electron chi connectivity index (χ1n) is 8.07. The summed E-state index contributed by atoms with van der Waals surface area (Å²) in [6.07, 6.45) is 0. The molecule has 144 valence electrons. The van der Waals surface area contributed by atoms with Gasteiger partial charge in [-0.15, -0.1) is 11.3 Å². The van der Waals surface area contributed by atoms with Gasteiger partial charge in [-0.3, -0.25) is 20.4 Å². The van der Waals surface area contributed by atoms with Gasteiger partial charge in [-0.25, -0.2) is 13.6 Å². The minimum atomic E-state index is -0.853. The Morgan fingerprint density at radius 1 is 1.00 bits per heavy atom. The number of carbonyl (C=O) groups excluding carboxylic acids is 3. The number of aryl methyl sites for hydroxylation is 1. The molecule has 0 radical (unpaired) electrons. The Labute approximate surface area is 162 Å². The molecule has 0 aliphatic heterocycles. The first kappa shape index (κ1) is 19.4. The molecular formula is C19H14F2N2O4S. The van der Waals surface area contributed by atoms with E-state index in [4.69, 9.17) is 4.74 Å². The van der Waals surface area contributed by atoms with E-state index in [1.807, 2.05) is 10.9 Å². The van der Waals surface area contributed by atoms with E-state index in [-0.39, 0.29) is 10.4 Å². The van der Waals surface area contributed by atoms with Crippen LogP contribution in [0.1, 0.15) is 25.6 Å². The number of rotatable bonds is 4. The summed E-state index contributed by atoms with van der Waals surface area (Å²) in [5.41, 5.74) is 4.23. The molecule has 0 unspecified atom stereocenters. The average molecular weight is 404 g/mol. The van der Waals surface area contributed by atoms with Crippen molar-refractivity contribution in [3.05, 3.63) is 70.1 Å². The number of hydrazine groups is 1. The Kier molecular flexibility index (Phi) is 5.65. The van der Waals surface area contributed by atoms with Gasteiger partial charge >= 0.3 is 5.97 Å². The third kappa shape index (κ3) is 3.99. The third-order valence-electron chi connectivity index (χ3n) is 3.86. The lowest BCUT2D eigenvalue weighted by Crippen LogP contribution is -2.43. The molecule has 0 aliphatic rings. The predicted molar refractivity (Wildman–Crippen MR) is 98.8 cm³/mol. The van der Waals surface area contributed by atoms with E-state index in [0.717, 1.165) is 17.4 Å². The van der Waals surface area contributed by atoms with Crippen molar-refractivity contribution in [2.75, 3.05) is 6.61 Å². The molecule has 0 fully saturated rings. The molecule has 0 aliphatic carbocycles. The van der Waals surface area contributed by atoms with E-state index < -0.39 is 36.0 Å². The highest BCUT2D eigenvalue weighted by atomic mass is 32.1. The van der Waals surface area contributed by atoms with Crippen molar-refractivity contribution in [1.29, 1.82) is 0 Å². The zero-order valence-corrected chi connectivity index (χ0v) is 15.4. The van der Waals surface area contributed by atoms with Crippen molar-refractivity contribution >= 4 is 39.2 Å². The van der Waals surface area contributed by atoms with Crippen LogP contribution in [0.4, 0.5) is 8.78 Å². The van der Waals surface area contributed by atoms with Gasteiger partial charge in [0.1, 0.15) is 16.5 Å². The van der Waals surface area contributed by atoms with Crippen LogP contribution in [-0.4, -0.2) is 24.4 Å². The molecular weight excluding hydrogens is 390 g/mol. The fourth-order valence-corrected chi connectivity index (χ4v) is 3.64. The quantitative estimate of drug-likeness (QED) is 0.517. The number of carbonyl (C=O) groups is 3. The van der Waals surface area contributed by atoms with Crippen molar-refractivity contribution in [3.63, 3.8) is 0 Å². The first-order chi connectivity index (χ1) is 13.4. The fraction of sp³-hybridized carbons (Fsp3) is 0.105. The van der Waals surface area contributed by atoms with Crippen LogP contribution in [0.25, 0.3) is 10.1 Å². The normalized spacial score (nSPS) is 10.5. The second-order valence-corrected chi connectivity index (χ2v) is 6.78. The average Bonchev–Trinajstić information content (AvgIpc) is 3.02. The van der Waals surface area contributed by atoms with E-state index in [1.54, 1.807) is 13.0 Å². The third-order valence-corrected chi connectivity index (χ3v) is 5.09. The summed E-state index contributed by atoms with van der Waals surface area (Å²) in [5.74, 6) is -3.64. The molecule has 0 atom stereocenters. The lowest BCUT2D eigenvalue weighted by molar-refractivity contribution is -0.125. The molecule has 0 saturated heterocycles. The molecule has 2 aromatic carbocycles. The Balaban J connectivity index is 1.57. The van der Waals surface area contributed by atoms with Crippen molar-refractivity contribution in [2.45, 2.75) is 6.92 Å². The molecule has 6 nitrogen and oxygen atoms in total. The SMILES string of the molecule is Cc1c(C(=O)OCC(=O)NNC(=O)c2ccccc2F)sc2cccc(F)c12. The van der Waals surface area contributed by atoms with Crippen molar-refractivity contribution in [1.82, 2.24) is 10.9 Å². The summed E-state index contributed by atoms with van der Waals surface area (Å²) in [6.45, 7) is 0.916. The van der Waals surface area contributed by atoms with Crippen LogP contribution in [0.5, 0.6) is 0 Å². The highest BCUT2D eigenvalue weighted by Crippen LogP contribution is 2.32. The Bertz CT molecular complexity index is 1080. The molecule has 0 bridgehead atoms. The van der Waals surface area contributed by atoms with E-state index >= 15 is 0 Å². The molecule has 3 rings (SSSR count). The summed E-state index contributed by atoms with van der Waals surface area (Å²) in [5, 5.41) is 0.334. The number of halogens is 2. The van der Waals surface area contributed by atoms with E-state index in [9.17, 15) is 23.2 Å². The summed E-state index contributed by atoms with van der Waals surface area (Å²) in [4.78, 5) is 35.9. The monoisotopic (exact) mass is 404 g/mol. The van der Waals surface area contributed by atoms with Gasteiger partial charge < -0.3 is 4.74 Å². The van der Waals surface area contributed by atoms with Crippen LogP contribution >= 0.6 is 11.3 Å². The van der Waals surface area contributed by atoms with Crippen LogP contribution in [0.2, 0.25) is 0 Å². The number of thiophene rings is 1. The number of benzene rings is 2. The molecule has 1 aromatic heterocycles. The highest BCUT2D eigenvalue weighted by molar-refractivity contribution is 7.21. The number of amides is 2. The standard InChI is InChI=1S/C19H14F2N2O4S/c1-10-16-13(21)7-4-8-14(16)28-17(10)19(26)27-9-15(24)22-23-18(25)11-5-2-3-6-12(11)20/h2-8H,9H2,1H3,(H,22,24)(H,23,25). The summed E-state index contributed by atoms with van der Waals surface area (Å²) >= 11 is 1.06. The van der Waals surface area contributed by atoms with Gasteiger partial charge in [-0.1, -0.05) is 18.2 Å². The minimum absolute atomic E-state index is 0.184. The van der Waals surface area contributed by atoms with Gasteiger partial charge in [0, 0.05) is 10.1 Å².